The third-order valence-electron chi connectivity index (χ3n) is 2.84. The predicted molar refractivity (Wildman–Crippen MR) is 66.3 cm³/mol. The first kappa shape index (κ1) is 12.8. The Labute approximate surface area is 103 Å². The molecule has 0 fully saturated rings. The average Bonchev–Trinajstić information content (AvgIpc) is 2.73. The first-order valence-electron chi connectivity index (χ1n) is 5.75. The van der Waals surface area contributed by atoms with Gasteiger partial charge in [0.2, 0.25) is 0 Å². The van der Waals surface area contributed by atoms with Crippen LogP contribution in [0.1, 0.15) is 18.1 Å². The Morgan fingerprint density at radius 3 is 2.94 bits per heavy atom. The zero-order chi connectivity index (χ0) is 13.1. The molecule has 0 aliphatic heterocycles. The topological polar surface area (TPSA) is 98.5 Å². The number of oxazole rings is 1. The van der Waals surface area contributed by atoms with Crippen LogP contribution in [0.2, 0.25) is 0 Å². The zero-order valence-corrected chi connectivity index (χ0v) is 10.0. The van der Waals surface area contributed by atoms with Crippen LogP contribution in [-0.4, -0.2) is 34.9 Å². The minimum Gasteiger partial charge on any atom is -0.408 e. The molecule has 2 rings (SSSR count). The molecular weight excluding hydrogens is 236 g/mol. The number of hydrogen-bond acceptors (Lipinski definition) is 5. The van der Waals surface area contributed by atoms with Gasteiger partial charge in [0.25, 0.3) is 0 Å². The van der Waals surface area contributed by atoms with E-state index in [9.17, 15) is 15.0 Å². The van der Waals surface area contributed by atoms with Gasteiger partial charge in [0.15, 0.2) is 5.58 Å². The largest absolute Gasteiger partial charge is 0.417 e. The van der Waals surface area contributed by atoms with E-state index >= 15 is 0 Å². The van der Waals surface area contributed by atoms with Gasteiger partial charge < -0.3 is 19.9 Å². The number of aliphatic hydroxyl groups excluding tert-OH is 2. The normalized spacial score (nSPS) is 14.8. The van der Waals surface area contributed by atoms with Crippen LogP contribution in [0.4, 0.5) is 0 Å². The van der Waals surface area contributed by atoms with Crippen LogP contribution in [-0.2, 0) is 0 Å². The van der Waals surface area contributed by atoms with Crippen LogP contribution in [0.15, 0.2) is 27.4 Å². The average molecular weight is 252 g/mol. The lowest BCUT2D eigenvalue weighted by Gasteiger charge is -2.17. The molecule has 0 saturated heterocycles. The van der Waals surface area contributed by atoms with Crippen molar-refractivity contribution in [3.05, 3.63) is 34.3 Å². The van der Waals surface area contributed by atoms with Crippen LogP contribution in [0, 0.1) is 0 Å². The van der Waals surface area contributed by atoms with E-state index in [-0.39, 0.29) is 0 Å². The van der Waals surface area contributed by atoms with Crippen molar-refractivity contribution in [2.24, 2.45) is 0 Å². The van der Waals surface area contributed by atoms with Gasteiger partial charge in [-0.05, 0) is 37.7 Å². The molecule has 0 spiro atoms. The summed E-state index contributed by atoms with van der Waals surface area (Å²) in [5, 5.41) is 22.7. The maximum atomic E-state index is 11.0. The van der Waals surface area contributed by atoms with Crippen molar-refractivity contribution in [2.75, 3.05) is 13.6 Å². The molecule has 18 heavy (non-hydrogen) atoms. The van der Waals surface area contributed by atoms with Crippen molar-refractivity contribution in [1.82, 2.24) is 10.3 Å². The van der Waals surface area contributed by atoms with E-state index < -0.39 is 18.0 Å². The summed E-state index contributed by atoms with van der Waals surface area (Å²) in [5.41, 5.74) is 1.46. The minimum absolute atomic E-state index is 0.373. The fraction of sp³-hybridized carbons (Fsp3) is 0.417. The zero-order valence-electron chi connectivity index (χ0n) is 10.0. The quantitative estimate of drug-likeness (QED) is 0.606. The van der Waals surface area contributed by atoms with Crippen molar-refractivity contribution in [3.63, 3.8) is 0 Å². The Morgan fingerprint density at radius 1 is 1.44 bits per heavy atom. The third kappa shape index (κ3) is 2.61. The van der Waals surface area contributed by atoms with Crippen molar-refractivity contribution < 1.29 is 14.6 Å². The second-order valence-corrected chi connectivity index (χ2v) is 4.17. The molecule has 98 valence electrons. The number of nitrogens with one attached hydrogen (secondary N) is 2. The van der Waals surface area contributed by atoms with Gasteiger partial charge >= 0.3 is 5.76 Å². The maximum absolute atomic E-state index is 11.0. The van der Waals surface area contributed by atoms with Crippen LogP contribution >= 0.6 is 0 Å². The molecule has 1 aromatic heterocycles. The highest BCUT2D eigenvalue weighted by molar-refractivity contribution is 5.72. The Bertz CT molecular complexity index is 575. The van der Waals surface area contributed by atoms with Crippen molar-refractivity contribution in [1.29, 1.82) is 0 Å². The number of hydrogen-bond donors (Lipinski definition) is 4. The molecule has 0 saturated carbocycles. The summed E-state index contributed by atoms with van der Waals surface area (Å²) >= 11 is 0. The van der Waals surface area contributed by atoms with Crippen molar-refractivity contribution in [3.8, 4) is 0 Å². The summed E-state index contributed by atoms with van der Waals surface area (Å²) in [6, 6.07) is 4.85. The number of aromatic amines is 1. The second kappa shape index (κ2) is 5.34. The number of H-pyrrole nitrogens is 1. The van der Waals surface area contributed by atoms with E-state index in [1.54, 1.807) is 25.2 Å². The molecule has 2 aromatic rings. The Hall–Kier alpha value is -1.63. The van der Waals surface area contributed by atoms with E-state index in [2.05, 4.69) is 10.3 Å². The lowest BCUT2D eigenvalue weighted by Crippen LogP contribution is -2.23. The van der Waals surface area contributed by atoms with Gasteiger partial charge in [-0.3, -0.25) is 4.98 Å². The van der Waals surface area contributed by atoms with Gasteiger partial charge in [0.1, 0.15) is 6.10 Å². The van der Waals surface area contributed by atoms with Crippen LogP contribution in [0.3, 0.4) is 0 Å². The van der Waals surface area contributed by atoms with Gasteiger partial charge in [-0.25, -0.2) is 4.79 Å². The Kier molecular flexibility index (Phi) is 3.81. The molecule has 0 radical (unpaired) electrons. The Balaban J connectivity index is 2.21. The number of benzene rings is 1. The summed E-state index contributed by atoms with van der Waals surface area (Å²) in [6.45, 7) is 0.611. The Morgan fingerprint density at radius 2 is 2.22 bits per heavy atom. The SMILES string of the molecule is CNCCC(O)C(O)c1ccc2[nH]c(=O)oc2c1. The molecule has 2 atom stereocenters. The van der Waals surface area contributed by atoms with Crippen LogP contribution < -0.4 is 11.1 Å². The second-order valence-electron chi connectivity index (χ2n) is 4.17. The van der Waals surface area contributed by atoms with Gasteiger partial charge in [0.05, 0.1) is 11.6 Å². The molecular formula is C12H16N2O4. The molecule has 1 heterocycles. The molecule has 0 amide bonds. The molecule has 6 heteroatoms. The summed E-state index contributed by atoms with van der Waals surface area (Å²) in [4.78, 5) is 13.5. The van der Waals surface area contributed by atoms with Crippen LogP contribution in [0.25, 0.3) is 11.1 Å². The molecule has 4 N–H and O–H groups in total. The lowest BCUT2D eigenvalue weighted by atomic mass is 10.0. The molecule has 0 bridgehead atoms. The standard InChI is InChI=1S/C12H16N2O4/c1-13-5-4-9(15)11(16)7-2-3-8-10(6-7)18-12(17)14-8/h2-3,6,9,11,13,15-16H,4-5H2,1H3,(H,14,17). The number of fused-ring (bicyclic) bond motifs is 1. The van der Waals surface area contributed by atoms with Gasteiger partial charge in [-0.1, -0.05) is 6.07 Å². The smallest absolute Gasteiger partial charge is 0.408 e. The number of aromatic nitrogens is 1. The highest BCUT2D eigenvalue weighted by atomic mass is 16.4. The van der Waals surface area contributed by atoms with E-state index in [4.69, 9.17) is 4.42 Å². The summed E-state index contributed by atoms with van der Waals surface area (Å²) in [5.74, 6) is -0.535. The van der Waals surface area contributed by atoms with Gasteiger partial charge in [-0.2, -0.15) is 0 Å². The van der Waals surface area contributed by atoms with Gasteiger partial charge in [-0.15, -0.1) is 0 Å². The van der Waals surface area contributed by atoms with Crippen molar-refractivity contribution in [2.45, 2.75) is 18.6 Å². The van der Waals surface area contributed by atoms with Crippen molar-refractivity contribution >= 4 is 11.1 Å². The van der Waals surface area contributed by atoms with E-state index in [0.717, 1.165) is 0 Å². The first-order chi connectivity index (χ1) is 8.61. The van der Waals surface area contributed by atoms with E-state index in [1.807, 2.05) is 0 Å². The molecule has 2 unspecified atom stereocenters. The molecule has 1 aromatic carbocycles. The predicted octanol–water partition coefficient (Wildman–Crippen LogP) is 0.125. The van der Waals surface area contributed by atoms with E-state index in [0.29, 0.717) is 29.6 Å². The molecule has 0 aliphatic carbocycles. The molecule has 0 aliphatic rings. The summed E-state index contributed by atoms with van der Waals surface area (Å²) < 4.78 is 4.90. The summed E-state index contributed by atoms with van der Waals surface area (Å²) in [7, 11) is 1.78. The van der Waals surface area contributed by atoms with Gasteiger partial charge in [0, 0.05) is 0 Å². The highest BCUT2D eigenvalue weighted by Gasteiger charge is 2.18. The maximum Gasteiger partial charge on any atom is 0.417 e. The minimum atomic E-state index is -0.997. The number of aliphatic hydroxyl groups is 2. The van der Waals surface area contributed by atoms with E-state index in [1.165, 1.54) is 0 Å². The fourth-order valence-corrected chi connectivity index (χ4v) is 1.82. The molecule has 6 nitrogen and oxygen atoms in total. The fourth-order valence-electron chi connectivity index (χ4n) is 1.82. The lowest BCUT2D eigenvalue weighted by molar-refractivity contribution is 0.0141. The number of rotatable bonds is 5. The monoisotopic (exact) mass is 252 g/mol. The van der Waals surface area contributed by atoms with Crippen LogP contribution in [0.5, 0.6) is 0 Å². The highest BCUT2D eigenvalue weighted by Crippen LogP contribution is 2.22. The first-order valence-corrected chi connectivity index (χ1v) is 5.75. The summed E-state index contributed by atoms with van der Waals surface area (Å²) in [6.07, 6.45) is -1.42. The third-order valence-corrected chi connectivity index (χ3v) is 2.84.